The average molecular weight is 290 g/mol. The first-order chi connectivity index (χ1) is 9.74. The van der Waals surface area contributed by atoms with Crippen molar-refractivity contribution in [3.8, 4) is 0 Å². The maximum Gasteiger partial charge on any atom is 0.114 e. The molecule has 1 aromatic carbocycles. The molecule has 0 aliphatic heterocycles. The van der Waals surface area contributed by atoms with Gasteiger partial charge in [-0.1, -0.05) is 31.2 Å². The predicted octanol–water partition coefficient (Wildman–Crippen LogP) is 3.69. The molecule has 1 atom stereocenters. The van der Waals surface area contributed by atoms with Crippen molar-refractivity contribution in [2.45, 2.75) is 32.9 Å². The van der Waals surface area contributed by atoms with Gasteiger partial charge >= 0.3 is 0 Å². The van der Waals surface area contributed by atoms with Gasteiger partial charge in [0, 0.05) is 18.2 Å². The number of rotatable bonds is 7. The third-order valence-electron chi connectivity index (χ3n) is 3.08. The van der Waals surface area contributed by atoms with E-state index in [0.717, 1.165) is 23.7 Å². The molecule has 4 heteroatoms. The highest BCUT2D eigenvalue weighted by atomic mass is 32.1. The van der Waals surface area contributed by atoms with E-state index < -0.39 is 0 Å². The summed E-state index contributed by atoms with van der Waals surface area (Å²) in [6, 6.07) is 8.71. The number of hydrogen-bond donors (Lipinski definition) is 1. The first-order valence-corrected chi connectivity index (χ1v) is 7.85. The van der Waals surface area contributed by atoms with Crippen molar-refractivity contribution in [2.24, 2.45) is 0 Å². The van der Waals surface area contributed by atoms with Crippen molar-refractivity contribution in [3.05, 3.63) is 51.5 Å². The van der Waals surface area contributed by atoms with Gasteiger partial charge in [0.1, 0.15) is 5.01 Å². The van der Waals surface area contributed by atoms with E-state index in [1.807, 2.05) is 6.92 Å². The van der Waals surface area contributed by atoms with Crippen molar-refractivity contribution in [1.82, 2.24) is 10.3 Å². The fourth-order valence-electron chi connectivity index (χ4n) is 2.17. The van der Waals surface area contributed by atoms with E-state index in [0.29, 0.717) is 6.61 Å². The van der Waals surface area contributed by atoms with E-state index in [-0.39, 0.29) is 6.04 Å². The summed E-state index contributed by atoms with van der Waals surface area (Å²) in [5.74, 6) is 0. The van der Waals surface area contributed by atoms with Crippen molar-refractivity contribution in [1.29, 1.82) is 0 Å². The number of thiazole rings is 1. The lowest BCUT2D eigenvalue weighted by atomic mass is 10.0. The quantitative estimate of drug-likeness (QED) is 0.844. The van der Waals surface area contributed by atoms with Gasteiger partial charge in [0.15, 0.2) is 0 Å². The maximum atomic E-state index is 5.22. The van der Waals surface area contributed by atoms with Crippen LogP contribution in [-0.2, 0) is 11.3 Å². The van der Waals surface area contributed by atoms with Gasteiger partial charge in [-0.2, -0.15) is 0 Å². The molecule has 0 fully saturated rings. The molecule has 3 nitrogen and oxygen atoms in total. The van der Waals surface area contributed by atoms with Crippen molar-refractivity contribution in [3.63, 3.8) is 0 Å². The van der Waals surface area contributed by atoms with Gasteiger partial charge in [-0.3, -0.25) is 0 Å². The summed E-state index contributed by atoms with van der Waals surface area (Å²) >= 11 is 1.72. The molecule has 0 radical (unpaired) electrons. The largest absolute Gasteiger partial charge is 0.380 e. The number of aryl methyl sites for hydroxylation is 1. The molecule has 1 aromatic heterocycles. The monoisotopic (exact) mass is 290 g/mol. The van der Waals surface area contributed by atoms with E-state index in [2.05, 4.69) is 46.9 Å². The third-order valence-corrected chi connectivity index (χ3v) is 4.11. The van der Waals surface area contributed by atoms with Gasteiger partial charge in [-0.05, 0) is 31.0 Å². The van der Waals surface area contributed by atoms with Crippen molar-refractivity contribution in [2.75, 3.05) is 13.7 Å². The third kappa shape index (κ3) is 3.88. The molecule has 20 heavy (non-hydrogen) atoms. The summed E-state index contributed by atoms with van der Waals surface area (Å²) in [5.41, 5.74) is 3.53. The van der Waals surface area contributed by atoms with Crippen LogP contribution in [0.2, 0.25) is 0 Å². The first kappa shape index (κ1) is 15.2. The fraction of sp³-hybridized carbons (Fsp3) is 0.438. The van der Waals surface area contributed by atoms with Crippen LogP contribution in [0.1, 0.15) is 41.2 Å². The van der Waals surface area contributed by atoms with Crippen molar-refractivity contribution < 1.29 is 4.74 Å². The Morgan fingerprint density at radius 3 is 2.90 bits per heavy atom. The summed E-state index contributed by atoms with van der Waals surface area (Å²) in [6.07, 6.45) is 1.11. The maximum absolute atomic E-state index is 5.22. The molecule has 0 aliphatic carbocycles. The van der Waals surface area contributed by atoms with Crippen LogP contribution in [0.4, 0.5) is 0 Å². The van der Waals surface area contributed by atoms with Crippen LogP contribution < -0.4 is 5.32 Å². The van der Waals surface area contributed by atoms with Crippen LogP contribution in [0, 0.1) is 6.92 Å². The minimum absolute atomic E-state index is 0.172. The van der Waals surface area contributed by atoms with Crippen molar-refractivity contribution >= 4 is 11.3 Å². The van der Waals surface area contributed by atoms with Gasteiger partial charge in [0.05, 0.1) is 12.6 Å². The summed E-state index contributed by atoms with van der Waals surface area (Å²) in [5, 5.41) is 6.83. The Labute approximate surface area is 125 Å². The number of aromatic nitrogens is 1. The van der Waals surface area contributed by atoms with Crippen LogP contribution >= 0.6 is 11.3 Å². The highest BCUT2D eigenvalue weighted by Crippen LogP contribution is 2.26. The van der Waals surface area contributed by atoms with Crippen LogP contribution in [-0.4, -0.2) is 18.6 Å². The van der Waals surface area contributed by atoms with Crippen LogP contribution in [0.15, 0.2) is 29.6 Å². The molecule has 108 valence electrons. The zero-order chi connectivity index (χ0) is 14.4. The van der Waals surface area contributed by atoms with Crippen LogP contribution in [0.25, 0.3) is 0 Å². The topological polar surface area (TPSA) is 34.1 Å². The Kier molecular flexibility index (Phi) is 5.71. The highest BCUT2D eigenvalue weighted by molar-refractivity contribution is 7.09. The van der Waals surface area contributed by atoms with Crippen LogP contribution in [0.3, 0.4) is 0 Å². The second kappa shape index (κ2) is 7.53. The Hall–Kier alpha value is -1.23. The Bertz CT molecular complexity index is 539. The zero-order valence-electron chi connectivity index (χ0n) is 12.3. The van der Waals surface area contributed by atoms with Gasteiger partial charge in [-0.15, -0.1) is 11.3 Å². The SMILES string of the molecule is CCCNC(c1cccc(COC)c1)c1nc(C)cs1. The fourth-order valence-corrected chi connectivity index (χ4v) is 3.07. The molecular weight excluding hydrogens is 268 g/mol. The van der Waals surface area contributed by atoms with E-state index >= 15 is 0 Å². The number of nitrogens with one attached hydrogen (secondary N) is 1. The molecule has 0 spiro atoms. The minimum Gasteiger partial charge on any atom is -0.380 e. The summed E-state index contributed by atoms with van der Waals surface area (Å²) in [6.45, 7) is 5.85. The number of nitrogens with zero attached hydrogens (tertiary/aromatic N) is 1. The molecule has 0 saturated heterocycles. The number of benzene rings is 1. The predicted molar refractivity (Wildman–Crippen MR) is 84.1 cm³/mol. The molecule has 0 bridgehead atoms. The van der Waals surface area contributed by atoms with Gasteiger partial charge < -0.3 is 10.1 Å². The highest BCUT2D eigenvalue weighted by Gasteiger charge is 2.16. The number of hydrogen-bond acceptors (Lipinski definition) is 4. The average Bonchev–Trinajstić information content (AvgIpc) is 2.87. The molecule has 2 rings (SSSR count). The minimum atomic E-state index is 0.172. The van der Waals surface area contributed by atoms with Crippen LogP contribution in [0.5, 0.6) is 0 Å². The smallest absolute Gasteiger partial charge is 0.114 e. The first-order valence-electron chi connectivity index (χ1n) is 6.97. The molecule has 1 unspecified atom stereocenters. The van der Waals surface area contributed by atoms with E-state index in [1.165, 1.54) is 11.1 Å². The van der Waals surface area contributed by atoms with E-state index in [4.69, 9.17) is 4.74 Å². The van der Waals surface area contributed by atoms with E-state index in [1.54, 1.807) is 18.4 Å². The summed E-state index contributed by atoms with van der Waals surface area (Å²) in [7, 11) is 1.73. The molecule has 1 N–H and O–H groups in total. The number of ether oxygens (including phenoxy) is 1. The zero-order valence-corrected chi connectivity index (χ0v) is 13.2. The molecular formula is C16H22N2OS. The molecule has 0 saturated carbocycles. The lowest BCUT2D eigenvalue weighted by Crippen LogP contribution is -2.23. The Balaban J connectivity index is 2.28. The summed E-state index contributed by atoms with van der Waals surface area (Å²) in [4.78, 5) is 4.64. The van der Waals surface area contributed by atoms with E-state index in [9.17, 15) is 0 Å². The Morgan fingerprint density at radius 1 is 1.40 bits per heavy atom. The lowest BCUT2D eigenvalue weighted by molar-refractivity contribution is 0.185. The standard InChI is InChI=1S/C16H22N2OS/c1-4-8-17-15(16-18-12(2)11-20-16)14-7-5-6-13(9-14)10-19-3/h5-7,9,11,15,17H,4,8,10H2,1-3H3. The molecule has 0 aliphatic rings. The molecule has 2 aromatic rings. The van der Waals surface area contributed by atoms with Gasteiger partial charge in [0.25, 0.3) is 0 Å². The lowest BCUT2D eigenvalue weighted by Gasteiger charge is -2.17. The second-order valence-corrected chi connectivity index (χ2v) is 5.78. The normalized spacial score (nSPS) is 12.6. The van der Waals surface area contributed by atoms with Gasteiger partial charge in [-0.25, -0.2) is 4.98 Å². The molecule has 1 heterocycles. The van der Waals surface area contributed by atoms with Gasteiger partial charge in [0.2, 0.25) is 0 Å². The Morgan fingerprint density at radius 2 is 2.25 bits per heavy atom. The summed E-state index contributed by atoms with van der Waals surface area (Å²) < 4.78 is 5.22. The second-order valence-electron chi connectivity index (χ2n) is 4.89. The molecule has 0 amide bonds. The number of methoxy groups -OCH3 is 1.